The Kier molecular flexibility index (Phi) is 2.03. The van der Waals surface area contributed by atoms with Crippen molar-refractivity contribution in [2.45, 2.75) is 25.8 Å². The number of hydrogen-bond acceptors (Lipinski definition) is 4. The van der Waals surface area contributed by atoms with Gasteiger partial charge in [0, 0.05) is 7.05 Å². The fraction of sp³-hybridized carbons (Fsp3) is 0.875. The monoisotopic (exact) mass is 181 g/mol. The number of tetrazole rings is 1. The van der Waals surface area contributed by atoms with E-state index >= 15 is 0 Å². The van der Waals surface area contributed by atoms with Gasteiger partial charge in [0.1, 0.15) is 0 Å². The van der Waals surface area contributed by atoms with Crippen LogP contribution in [0.15, 0.2) is 0 Å². The Labute approximate surface area is 77.3 Å². The first-order valence-electron chi connectivity index (χ1n) is 4.71. The Hall–Kier alpha value is -0.970. The van der Waals surface area contributed by atoms with Crippen molar-refractivity contribution >= 4 is 0 Å². The molecule has 0 bridgehead atoms. The highest BCUT2D eigenvalue weighted by atomic mass is 15.5. The first-order valence-corrected chi connectivity index (χ1v) is 4.71. The van der Waals surface area contributed by atoms with E-state index in [1.54, 1.807) is 4.68 Å². The normalized spacial score (nSPS) is 28.8. The molecule has 1 aliphatic carbocycles. The van der Waals surface area contributed by atoms with Crippen LogP contribution in [-0.2, 0) is 7.05 Å². The zero-order chi connectivity index (χ0) is 9.42. The topological polar surface area (TPSA) is 69.6 Å². The SMILES string of the molecule is CCC1CC1C(N)c1nnnn1C. The van der Waals surface area contributed by atoms with Crippen molar-refractivity contribution in [1.29, 1.82) is 0 Å². The molecule has 13 heavy (non-hydrogen) atoms. The maximum Gasteiger partial charge on any atom is 0.168 e. The number of hydrogen-bond donors (Lipinski definition) is 1. The van der Waals surface area contributed by atoms with Crippen LogP contribution in [-0.4, -0.2) is 20.2 Å². The van der Waals surface area contributed by atoms with Crippen LogP contribution in [0.3, 0.4) is 0 Å². The molecule has 3 atom stereocenters. The Bertz CT molecular complexity index is 294. The molecule has 1 fully saturated rings. The number of aryl methyl sites for hydroxylation is 1. The molecule has 5 heteroatoms. The second kappa shape index (κ2) is 3.06. The molecular weight excluding hydrogens is 166 g/mol. The smallest absolute Gasteiger partial charge is 0.168 e. The molecule has 1 aromatic rings. The third kappa shape index (κ3) is 1.44. The fourth-order valence-corrected chi connectivity index (χ4v) is 1.89. The molecule has 0 amide bonds. The summed E-state index contributed by atoms with van der Waals surface area (Å²) in [5, 5.41) is 11.3. The number of rotatable bonds is 3. The Balaban J connectivity index is 2.06. The minimum atomic E-state index is 0.0185. The van der Waals surface area contributed by atoms with Gasteiger partial charge in [-0.1, -0.05) is 13.3 Å². The van der Waals surface area contributed by atoms with Gasteiger partial charge in [-0.2, -0.15) is 0 Å². The molecule has 0 spiro atoms. The van der Waals surface area contributed by atoms with E-state index in [1.165, 1.54) is 12.8 Å². The van der Waals surface area contributed by atoms with Gasteiger partial charge in [-0.25, -0.2) is 4.68 Å². The molecule has 0 aliphatic heterocycles. The Morgan fingerprint density at radius 2 is 2.46 bits per heavy atom. The molecule has 1 aliphatic rings. The average Bonchev–Trinajstić information content (AvgIpc) is 2.80. The fourth-order valence-electron chi connectivity index (χ4n) is 1.89. The highest BCUT2D eigenvalue weighted by molar-refractivity contribution is 5.02. The van der Waals surface area contributed by atoms with Crippen molar-refractivity contribution in [3.8, 4) is 0 Å². The van der Waals surface area contributed by atoms with E-state index in [9.17, 15) is 0 Å². The summed E-state index contributed by atoms with van der Waals surface area (Å²) in [6, 6.07) is 0.0185. The number of aromatic nitrogens is 4. The van der Waals surface area contributed by atoms with Crippen molar-refractivity contribution in [3.63, 3.8) is 0 Å². The zero-order valence-electron chi connectivity index (χ0n) is 8.01. The van der Waals surface area contributed by atoms with Gasteiger partial charge in [0.2, 0.25) is 0 Å². The van der Waals surface area contributed by atoms with Gasteiger partial charge in [0.05, 0.1) is 6.04 Å². The summed E-state index contributed by atoms with van der Waals surface area (Å²) < 4.78 is 1.66. The Morgan fingerprint density at radius 3 is 2.92 bits per heavy atom. The van der Waals surface area contributed by atoms with Crippen LogP contribution in [0.25, 0.3) is 0 Å². The molecule has 2 rings (SSSR count). The van der Waals surface area contributed by atoms with Gasteiger partial charge in [-0.15, -0.1) is 5.10 Å². The minimum absolute atomic E-state index is 0.0185. The van der Waals surface area contributed by atoms with E-state index in [-0.39, 0.29) is 6.04 Å². The van der Waals surface area contributed by atoms with Crippen LogP contribution in [0.1, 0.15) is 31.6 Å². The average molecular weight is 181 g/mol. The van der Waals surface area contributed by atoms with Crippen LogP contribution in [0.5, 0.6) is 0 Å². The van der Waals surface area contributed by atoms with Crippen molar-refractivity contribution in [2.75, 3.05) is 0 Å². The third-order valence-electron chi connectivity index (χ3n) is 2.91. The molecule has 3 unspecified atom stereocenters. The minimum Gasteiger partial charge on any atom is -0.321 e. The van der Waals surface area contributed by atoms with Gasteiger partial charge < -0.3 is 5.73 Å². The third-order valence-corrected chi connectivity index (χ3v) is 2.91. The molecular formula is C8H15N5. The van der Waals surface area contributed by atoms with E-state index in [2.05, 4.69) is 22.4 Å². The number of nitrogens with two attached hydrogens (primary N) is 1. The van der Waals surface area contributed by atoms with Crippen molar-refractivity contribution in [1.82, 2.24) is 20.2 Å². The molecule has 1 saturated carbocycles. The first-order chi connectivity index (χ1) is 6.24. The lowest BCUT2D eigenvalue weighted by atomic mass is 10.1. The van der Waals surface area contributed by atoms with E-state index in [4.69, 9.17) is 5.73 Å². The summed E-state index contributed by atoms with van der Waals surface area (Å²) >= 11 is 0. The lowest BCUT2D eigenvalue weighted by molar-refractivity contribution is 0.514. The predicted molar refractivity (Wildman–Crippen MR) is 47.6 cm³/mol. The molecule has 0 radical (unpaired) electrons. The van der Waals surface area contributed by atoms with Gasteiger partial charge in [-0.05, 0) is 28.7 Å². The summed E-state index contributed by atoms with van der Waals surface area (Å²) in [5.41, 5.74) is 6.05. The lowest BCUT2D eigenvalue weighted by Gasteiger charge is -2.07. The van der Waals surface area contributed by atoms with Crippen LogP contribution in [0.4, 0.5) is 0 Å². The van der Waals surface area contributed by atoms with Crippen LogP contribution in [0, 0.1) is 11.8 Å². The van der Waals surface area contributed by atoms with Crippen molar-refractivity contribution in [3.05, 3.63) is 5.82 Å². The molecule has 72 valence electrons. The van der Waals surface area contributed by atoms with Gasteiger partial charge >= 0.3 is 0 Å². The summed E-state index contributed by atoms with van der Waals surface area (Å²) in [6.45, 7) is 2.20. The summed E-state index contributed by atoms with van der Waals surface area (Å²) in [5.74, 6) is 2.18. The standard InChI is InChI=1S/C8H15N5/c1-3-5-4-6(5)7(9)8-10-11-12-13(8)2/h5-7H,3-4,9H2,1-2H3. The molecule has 1 heterocycles. The Morgan fingerprint density at radius 1 is 1.69 bits per heavy atom. The van der Waals surface area contributed by atoms with Crippen molar-refractivity contribution in [2.24, 2.45) is 24.6 Å². The summed E-state index contributed by atoms with van der Waals surface area (Å²) in [7, 11) is 1.83. The zero-order valence-corrected chi connectivity index (χ0v) is 8.01. The first kappa shape index (κ1) is 8.62. The van der Waals surface area contributed by atoms with Gasteiger partial charge in [0.15, 0.2) is 5.82 Å². The highest BCUT2D eigenvalue weighted by Crippen LogP contribution is 2.47. The molecule has 2 N–H and O–H groups in total. The van der Waals surface area contributed by atoms with E-state index in [1.807, 2.05) is 7.05 Å². The van der Waals surface area contributed by atoms with Crippen molar-refractivity contribution < 1.29 is 0 Å². The number of nitrogens with zero attached hydrogens (tertiary/aromatic N) is 4. The molecule has 0 saturated heterocycles. The quantitative estimate of drug-likeness (QED) is 0.726. The summed E-state index contributed by atoms with van der Waals surface area (Å²) in [6.07, 6.45) is 2.44. The van der Waals surface area contributed by atoms with Gasteiger partial charge in [0.25, 0.3) is 0 Å². The summed E-state index contributed by atoms with van der Waals surface area (Å²) in [4.78, 5) is 0. The van der Waals surface area contributed by atoms with Crippen LogP contribution in [0.2, 0.25) is 0 Å². The largest absolute Gasteiger partial charge is 0.321 e. The maximum atomic E-state index is 6.05. The predicted octanol–water partition coefficient (Wildman–Crippen LogP) is 0.256. The van der Waals surface area contributed by atoms with Crippen LogP contribution < -0.4 is 5.73 Å². The maximum absolute atomic E-state index is 6.05. The molecule has 5 nitrogen and oxygen atoms in total. The van der Waals surface area contributed by atoms with Gasteiger partial charge in [-0.3, -0.25) is 0 Å². The van der Waals surface area contributed by atoms with E-state index in [0.717, 1.165) is 11.7 Å². The molecule has 0 aromatic carbocycles. The second-order valence-electron chi connectivity index (χ2n) is 3.75. The highest BCUT2D eigenvalue weighted by Gasteiger charge is 2.42. The lowest BCUT2D eigenvalue weighted by Crippen LogP contribution is -2.18. The van der Waals surface area contributed by atoms with Crippen LogP contribution >= 0.6 is 0 Å². The molecule has 1 aromatic heterocycles. The van der Waals surface area contributed by atoms with E-state index in [0.29, 0.717) is 5.92 Å². The second-order valence-corrected chi connectivity index (χ2v) is 3.75. The van der Waals surface area contributed by atoms with E-state index < -0.39 is 0 Å².